The van der Waals surface area contributed by atoms with Crippen LogP contribution in [0.25, 0.3) is 22.5 Å². The van der Waals surface area contributed by atoms with Crippen LogP contribution in [0.4, 0.5) is 29.1 Å². The Hall–Kier alpha value is -4.35. The summed E-state index contributed by atoms with van der Waals surface area (Å²) in [5.41, 5.74) is 1.32. The predicted molar refractivity (Wildman–Crippen MR) is 124 cm³/mol. The SMILES string of the molecule is CN=c1ncc2c(C)c(-c3cc(NC(=O)c4cc(C(F)(F)F)ccn4)ccc3F)c3n(c-2n1)CCN3. The second-order valence-electron chi connectivity index (χ2n) is 8.13. The second-order valence-corrected chi connectivity index (χ2v) is 8.13. The monoisotopic (exact) mass is 497 g/mol. The number of alkyl halides is 3. The minimum absolute atomic E-state index is 0.197. The lowest BCUT2D eigenvalue weighted by Crippen LogP contribution is -2.18. The predicted octanol–water partition coefficient (Wildman–Crippen LogP) is 4.12. The standard InChI is InChI=1S/C24H19F4N7O/c1-12-16-11-32-23(29-2)34-20(16)35-8-7-31-21(35)19(12)15-10-14(3-4-17(15)25)33-22(36)18-9-13(5-6-30-18)24(26,27)28/h3-6,9-11,31H,7-8H2,1-2H3,(H,33,36). The van der Waals surface area contributed by atoms with Gasteiger partial charge in [-0.25, -0.2) is 9.37 Å². The molecule has 0 fully saturated rings. The van der Waals surface area contributed by atoms with Gasteiger partial charge in [-0.2, -0.15) is 18.2 Å². The van der Waals surface area contributed by atoms with Gasteiger partial charge in [0.05, 0.1) is 5.56 Å². The average molecular weight is 497 g/mol. The molecule has 0 spiro atoms. The van der Waals surface area contributed by atoms with Crippen LogP contribution in [-0.2, 0) is 12.7 Å². The van der Waals surface area contributed by atoms with E-state index in [4.69, 9.17) is 0 Å². The molecule has 0 atom stereocenters. The van der Waals surface area contributed by atoms with Gasteiger partial charge in [0.15, 0.2) is 0 Å². The second kappa shape index (κ2) is 8.70. The quantitative estimate of drug-likeness (QED) is 0.415. The summed E-state index contributed by atoms with van der Waals surface area (Å²) in [5.74, 6) is -0.0730. The Bertz CT molecular complexity index is 1540. The number of aromatic nitrogens is 4. The minimum atomic E-state index is -4.62. The molecule has 3 aliphatic rings. The fourth-order valence-corrected chi connectivity index (χ4v) is 4.23. The molecule has 1 amide bonds. The van der Waals surface area contributed by atoms with Crippen molar-refractivity contribution in [3.05, 3.63) is 71.0 Å². The summed E-state index contributed by atoms with van der Waals surface area (Å²) in [5, 5.41) is 5.79. The van der Waals surface area contributed by atoms with E-state index < -0.39 is 29.2 Å². The van der Waals surface area contributed by atoms with Crippen molar-refractivity contribution < 1.29 is 22.4 Å². The van der Waals surface area contributed by atoms with Gasteiger partial charge in [-0.1, -0.05) is 0 Å². The van der Waals surface area contributed by atoms with Gasteiger partial charge < -0.3 is 15.2 Å². The van der Waals surface area contributed by atoms with Crippen molar-refractivity contribution >= 4 is 17.4 Å². The Labute approximate surface area is 202 Å². The number of nitrogens with one attached hydrogen (secondary N) is 2. The molecule has 0 radical (unpaired) electrons. The molecule has 3 aliphatic heterocycles. The highest BCUT2D eigenvalue weighted by atomic mass is 19.4. The number of fused-ring (bicyclic) bond motifs is 3. The highest BCUT2D eigenvalue weighted by Crippen LogP contribution is 2.42. The molecule has 2 N–H and O–H groups in total. The average Bonchev–Trinajstić information content (AvgIpc) is 3.35. The van der Waals surface area contributed by atoms with Crippen molar-refractivity contribution in [1.82, 2.24) is 19.5 Å². The van der Waals surface area contributed by atoms with Gasteiger partial charge in [0.1, 0.15) is 23.2 Å². The first kappa shape index (κ1) is 23.4. The summed E-state index contributed by atoms with van der Waals surface area (Å²) < 4.78 is 56.1. The summed E-state index contributed by atoms with van der Waals surface area (Å²) in [7, 11) is 1.59. The van der Waals surface area contributed by atoms with E-state index in [9.17, 15) is 18.0 Å². The summed E-state index contributed by atoms with van der Waals surface area (Å²) in [4.78, 5) is 29.1. The fraction of sp³-hybridized carbons (Fsp3) is 0.208. The zero-order valence-corrected chi connectivity index (χ0v) is 19.1. The summed E-state index contributed by atoms with van der Waals surface area (Å²) >= 11 is 0. The molecule has 0 bridgehead atoms. The highest BCUT2D eigenvalue weighted by molar-refractivity contribution is 6.03. The maximum absolute atomic E-state index is 15.1. The van der Waals surface area contributed by atoms with Crippen molar-refractivity contribution in [3.63, 3.8) is 0 Å². The number of nitrogens with zero attached hydrogens (tertiary/aromatic N) is 5. The maximum atomic E-state index is 15.1. The van der Waals surface area contributed by atoms with Crippen LogP contribution in [0.1, 0.15) is 21.6 Å². The highest BCUT2D eigenvalue weighted by Gasteiger charge is 2.31. The summed E-state index contributed by atoms with van der Waals surface area (Å²) in [6.45, 7) is 3.02. The van der Waals surface area contributed by atoms with E-state index in [1.807, 2.05) is 11.5 Å². The first-order chi connectivity index (χ1) is 17.2. The zero-order valence-electron chi connectivity index (χ0n) is 19.1. The Morgan fingerprint density at radius 3 is 2.72 bits per heavy atom. The molecule has 0 saturated carbocycles. The molecule has 0 unspecified atom stereocenters. The van der Waals surface area contributed by atoms with Crippen molar-refractivity contribution in [1.29, 1.82) is 0 Å². The van der Waals surface area contributed by atoms with Crippen molar-refractivity contribution in [2.45, 2.75) is 19.6 Å². The molecule has 5 rings (SSSR count). The van der Waals surface area contributed by atoms with Crippen molar-refractivity contribution in [2.75, 3.05) is 24.2 Å². The number of pyridine rings is 2. The van der Waals surface area contributed by atoms with Crippen LogP contribution in [0, 0.1) is 12.7 Å². The number of rotatable bonds is 3. The normalized spacial score (nSPS) is 13.6. The molecule has 1 aromatic carbocycles. The molecule has 1 aromatic heterocycles. The third-order valence-electron chi connectivity index (χ3n) is 5.94. The molecule has 8 nitrogen and oxygen atoms in total. The number of halogens is 4. The van der Waals surface area contributed by atoms with Gasteiger partial charge in [-0.05, 0) is 42.8 Å². The fourth-order valence-electron chi connectivity index (χ4n) is 4.23. The van der Waals surface area contributed by atoms with Gasteiger partial charge in [0.2, 0.25) is 5.62 Å². The third kappa shape index (κ3) is 4.04. The molecule has 36 heavy (non-hydrogen) atoms. The van der Waals surface area contributed by atoms with Crippen LogP contribution < -0.4 is 16.3 Å². The maximum Gasteiger partial charge on any atom is 0.416 e. The van der Waals surface area contributed by atoms with E-state index >= 15 is 4.39 Å². The first-order valence-electron chi connectivity index (χ1n) is 10.9. The largest absolute Gasteiger partial charge is 0.416 e. The molecule has 184 valence electrons. The lowest BCUT2D eigenvalue weighted by atomic mass is 9.95. The van der Waals surface area contributed by atoms with Gasteiger partial charge in [0.25, 0.3) is 5.91 Å². The Kier molecular flexibility index (Phi) is 5.65. The lowest BCUT2D eigenvalue weighted by Gasteiger charge is -2.21. The van der Waals surface area contributed by atoms with E-state index in [1.165, 1.54) is 18.2 Å². The topological polar surface area (TPSA) is 97.1 Å². The number of hydrogen-bond donors (Lipinski definition) is 2. The zero-order chi connectivity index (χ0) is 25.6. The van der Waals surface area contributed by atoms with E-state index in [-0.39, 0.29) is 11.3 Å². The van der Waals surface area contributed by atoms with E-state index in [1.54, 1.807) is 13.2 Å². The number of anilines is 2. The van der Waals surface area contributed by atoms with Crippen LogP contribution in [0.5, 0.6) is 0 Å². The van der Waals surface area contributed by atoms with Crippen LogP contribution in [0.15, 0.2) is 47.7 Å². The van der Waals surface area contributed by atoms with Crippen molar-refractivity contribution in [3.8, 4) is 22.5 Å². The number of carbonyl (C=O) groups excluding carboxylic acids is 1. The van der Waals surface area contributed by atoms with Crippen LogP contribution in [0.2, 0.25) is 0 Å². The molecule has 4 heterocycles. The smallest absolute Gasteiger partial charge is 0.369 e. The number of carbonyl (C=O) groups is 1. The molecular formula is C24H19F4N7O. The molecule has 12 heteroatoms. The Balaban J connectivity index is 1.58. The molecular weight excluding hydrogens is 478 g/mol. The van der Waals surface area contributed by atoms with Crippen molar-refractivity contribution in [2.24, 2.45) is 4.99 Å². The molecule has 0 saturated heterocycles. The van der Waals surface area contributed by atoms with Gasteiger partial charge in [0, 0.05) is 54.9 Å². The number of benzene rings is 1. The Morgan fingerprint density at radius 2 is 1.97 bits per heavy atom. The van der Waals surface area contributed by atoms with E-state index in [0.717, 1.165) is 17.8 Å². The number of amides is 1. The van der Waals surface area contributed by atoms with Gasteiger partial charge in [-0.3, -0.25) is 14.8 Å². The minimum Gasteiger partial charge on any atom is -0.369 e. The molecule has 0 aliphatic carbocycles. The van der Waals surface area contributed by atoms with E-state index in [2.05, 4.69) is 30.6 Å². The molecule has 2 aromatic rings. The van der Waals surface area contributed by atoms with Gasteiger partial charge in [-0.15, -0.1) is 0 Å². The van der Waals surface area contributed by atoms with Crippen LogP contribution in [0.3, 0.4) is 0 Å². The summed E-state index contributed by atoms with van der Waals surface area (Å²) in [6.07, 6.45) is -2.06. The Morgan fingerprint density at radius 1 is 1.17 bits per heavy atom. The van der Waals surface area contributed by atoms with E-state index in [0.29, 0.717) is 47.5 Å². The lowest BCUT2D eigenvalue weighted by molar-refractivity contribution is -0.137. The van der Waals surface area contributed by atoms with Crippen LogP contribution >= 0.6 is 0 Å². The first-order valence-corrected chi connectivity index (χ1v) is 10.9. The van der Waals surface area contributed by atoms with Crippen LogP contribution in [-0.4, -0.2) is 39.0 Å². The third-order valence-corrected chi connectivity index (χ3v) is 5.94. The van der Waals surface area contributed by atoms with Gasteiger partial charge >= 0.3 is 6.18 Å². The summed E-state index contributed by atoms with van der Waals surface area (Å²) in [6, 6.07) is 5.40. The number of hydrogen-bond acceptors (Lipinski definition) is 6.